The summed E-state index contributed by atoms with van der Waals surface area (Å²) in [6, 6.07) is 0.379. The Labute approximate surface area is 98.5 Å². The highest BCUT2D eigenvalue weighted by molar-refractivity contribution is 5.83. The molecule has 0 amide bonds. The SMILES string of the molecule is CC(N=C(N)C1CCCC1)C1CCOCC1. The molecule has 92 valence electrons. The number of nitrogens with two attached hydrogens (primary N) is 1. The monoisotopic (exact) mass is 224 g/mol. The molecule has 0 aromatic rings. The zero-order valence-corrected chi connectivity index (χ0v) is 10.3. The number of hydrogen-bond donors (Lipinski definition) is 1. The summed E-state index contributed by atoms with van der Waals surface area (Å²) in [5.74, 6) is 2.16. The zero-order valence-electron chi connectivity index (χ0n) is 10.3. The van der Waals surface area contributed by atoms with Crippen LogP contribution in [-0.4, -0.2) is 25.1 Å². The molecule has 3 nitrogen and oxygen atoms in total. The van der Waals surface area contributed by atoms with E-state index in [1.165, 1.54) is 25.7 Å². The van der Waals surface area contributed by atoms with Crippen LogP contribution in [0.4, 0.5) is 0 Å². The number of hydrogen-bond acceptors (Lipinski definition) is 2. The van der Waals surface area contributed by atoms with Crippen LogP contribution >= 0.6 is 0 Å². The molecule has 0 radical (unpaired) electrons. The van der Waals surface area contributed by atoms with E-state index < -0.39 is 0 Å². The molecule has 1 atom stereocenters. The summed E-state index contributed by atoms with van der Waals surface area (Å²) in [7, 11) is 0. The highest BCUT2D eigenvalue weighted by Gasteiger charge is 2.23. The quantitative estimate of drug-likeness (QED) is 0.591. The van der Waals surface area contributed by atoms with Crippen molar-refractivity contribution in [1.82, 2.24) is 0 Å². The van der Waals surface area contributed by atoms with Crippen LogP contribution in [0.5, 0.6) is 0 Å². The Balaban J connectivity index is 1.87. The Morgan fingerprint density at radius 2 is 1.81 bits per heavy atom. The maximum Gasteiger partial charge on any atom is 0.0971 e. The van der Waals surface area contributed by atoms with Gasteiger partial charge in [0.25, 0.3) is 0 Å². The molecule has 0 aromatic heterocycles. The molecule has 1 saturated carbocycles. The van der Waals surface area contributed by atoms with Gasteiger partial charge in [-0.2, -0.15) is 0 Å². The van der Waals surface area contributed by atoms with Crippen LogP contribution in [0.25, 0.3) is 0 Å². The van der Waals surface area contributed by atoms with Gasteiger partial charge in [-0.05, 0) is 38.5 Å². The zero-order chi connectivity index (χ0) is 11.4. The van der Waals surface area contributed by atoms with Gasteiger partial charge in [0, 0.05) is 19.1 Å². The van der Waals surface area contributed by atoms with E-state index in [2.05, 4.69) is 6.92 Å². The molecule has 2 aliphatic rings. The maximum absolute atomic E-state index is 6.11. The summed E-state index contributed by atoms with van der Waals surface area (Å²) in [5, 5.41) is 0. The molecule has 1 aliphatic heterocycles. The first-order valence-electron chi connectivity index (χ1n) is 6.68. The van der Waals surface area contributed by atoms with E-state index in [1.54, 1.807) is 0 Å². The van der Waals surface area contributed by atoms with E-state index >= 15 is 0 Å². The predicted molar refractivity (Wildman–Crippen MR) is 66.6 cm³/mol. The highest BCUT2D eigenvalue weighted by Crippen LogP contribution is 2.26. The average Bonchev–Trinajstić information content (AvgIpc) is 2.83. The second-order valence-electron chi connectivity index (χ2n) is 5.23. The van der Waals surface area contributed by atoms with Crippen LogP contribution in [0.2, 0.25) is 0 Å². The van der Waals surface area contributed by atoms with Gasteiger partial charge >= 0.3 is 0 Å². The van der Waals surface area contributed by atoms with E-state index in [4.69, 9.17) is 15.5 Å². The summed E-state index contributed by atoms with van der Waals surface area (Å²) in [5.41, 5.74) is 6.11. The molecule has 1 heterocycles. The van der Waals surface area contributed by atoms with Gasteiger partial charge in [0.1, 0.15) is 0 Å². The van der Waals surface area contributed by atoms with E-state index in [-0.39, 0.29) is 0 Å². The average molecular weight is 224 g/mol. The molecular formula is C13H24N2O. The lowest BCUT2D eigenvalue weighted by Gasteiger charge is -2.26. The van der Waals surface area contributed by atoms with Crippen molar-refractivity contribution in [3.05, 3.63) is 0 Å². The first-order chi connectivity index (χ1) is 7.77. The Bertz CT molecular complexity index is 240. The molecule has 2 rings (SSSR count). The van der Waals surface area contributed by atoms with Crippen LogP contribution in [0, 0.1) is 11.8 Å². The molecule has 2 fully saturated rings. The highest BCUT2D eigenvalue weighted by atomic mass is 16.5. The molecule has 2 N–H and O–H groups in total. The molecule has 0 aromatic carbocycles. The second kappa shape index (κ2) is 5.67. The Morgan fingerprint density at radius 1 is 1.19 bits per heavy atom. The first-order valence-corrected chi connectivity index (χ1v) is 6.68. The van der Waals surface area contributed by atoms with Gasteiger partial charge in [-0.1, -0.05) is 12.8 Å². The van der Waals surface area contributed by atoms with E-state index in [0.29, 0.717) is 17.9 Å². The van der Waals surface area contributed by atoms with Crippen molar-refractivity contribution in [2.45, 2.75) is 51.5 Å². The molecular weight excluding hydrogens is 200 g/mol. The largest absolute Gasteiger partial charge is 0.387 e. The fraction of sp³-hybridized carbons (Fsp3) is 0.923. The van der Waals surface area contributed by atoms with Gasteiger partial charge in [-0.3, -0.25) is 4.99 Å². The van der Waals surface area contributed by atoms with Gasteiger partial charge < -0.3 is 10.5 Å². The third kappa shape index (κ3) is 2.97. The minimum atomic E-state index is 0.379. The number of aliphatic imine (C=N–C) groups is 1. The lowest BCUT2D eigenvalue weighted by Crippen LogP contribution is -2.29. The van der Waals surface area contributed by atoms with Crippen molar-refractivity contribution in [2.24, 2.45) is 22.6 Å². The van der Waals surface area contributed by atoms with E-state index in [1.807, 2.05) is 0 Å². The van der Waals surface area contributed by atoms with Gasteiger partial charge in [-0.25, -0.2) is 0 Å². The van der Waals surface area contributed by atoms with Crippen molar-refractivity contribution in [2.75, 3.05) is 13.2 Å². The number of rotatable bonds is 3. The smallest absolute Gasteiger partial charge is 0.0971 e. The van der Waals surface area contributed by atoms with Gasteiger partial charge in [0.2, 0.25) is 0 Å². The minimum absolute atomic E-state index is 0.379. The van der Waals surface area contributed by atoms with Gasteiger partial charge in [0.15, 0.2) is 0 Å². The normalized spacial score (nSPS) is 27.2. The van der Waals surface area contributed by atoms with E-state index in [0.717, 1.165) is 31.9 Å². The number of amidine groups is 1. The Hall–Kier alpha value is -0.570. The molecule has 0 spiro atoms. The standard InChI is InChI=1S/C13H24N2O/c1-10(11-6-8-16-9-7-11)15-13(14)12-4-2-3-5-12/h10-12H,2-9H2,1H3,(H2,14,15). The van der Waals surface area contributed by atoms with Crippen LogP contribution in [-0.2, 0) is 4.74 Å². The summed E-state index contributed by atoms with van der Waals surface area (Å²) >= 11 is 0. The van der Waals surface area contributed by atoms with Crippen molar-refractivity contribution in [3.63, 3.8) is 0 Å². The van der Waals surface area contributed by atoms with Gasteiger partial charge in [-0.15, -0.1) is 0 Å². The van der Waals surface area contributed by atoms with Crippen molar-refractivity contribution >= 4 is 5.84 Å². The molecule has 0 bridgehead atoms. The molecule has 1 aliphatic carbocycles. The number of ether oxygens (including phenoxy) is 1. The third-order valence-electron chi connectivity index (χ3n) is 4.07. The summed E-state index contributed by atoms with van der Waals surface area (Å²) in [6.07, 6.45) is 7.43. The Kier molecular flexibility index (Phi) is 4.22. The van der Waals surface area contributed by atoms with Crippen molar-refractivity contribution in [3.8, 4) is 0 Å². The van der Waals surface area contributed by atoms with Crippen LogP contribution in [0.1, 0.15) is 45.4 Å². The van der Waals surface area contributed by atoms with Crippen LogP contribution in [0.15, 0.2) is 4.99 Å². The summed E-state index contributed by atoms with van der Waals surface area (Å²) in [6.45, 7) is 4.00. The first kappa shape index (κ1) is 11.9. The lowest BCUT2D eigenvalue weighted by molar-refractivity contribution is 0.0605. The van der Waals surface area contributed by atoms with Gasteiger partial charge in [0.05, 0.1) is 11.9 Å². The molecule has 3 heteroatoms. The summed E-state index contributed by atoms with van der Waals surface area (Å²) < 4.78 is 5.37. The fourth-order valence-electron chi connectivity index (χ4n) is 2.87. The molecule has 1 saturated heterocycles. The molecule has 16 heavy (non-hydrogen) atoms. The minimum Gasteiger partial charge on any atom is -0.387 e. The van der Waals surface area contributed by atoms with Crippen molar-refractivity contribution < 1.29 is 4.74 Å². The second-order valence-corrected chi connectivity index (χ2v) is 5.23. The molecule has 1 unspecified atom stereocenters. The topological polar surface area (TPSA) is 47.6 Å². The summed E-state index contributed by atoms with van der Waals surface area (Å²) in [4.78, 5) is 4.72. The maximum atomic E-state index is 6.11. The number of nitrogens with zero attached hydrogens (tertiary/aromatic N) is 1. The Morgan fingerprint density at radius 3 is 2.44 bits per heavy atom. The predicted octanol–water partition coefficient (Wildman–Crippen LogP) is 2.35. The van der Waals surface area contributed by atoms with Crippen LogP contribution in [0.3, 0.4) is 0 Å². The lowest BCUT2D eigenvalue weighted by atomic mass is 9.93. The van der Waals surface area contributed by atoms with E-state index in [9.17, 15) is 0 Å². The van der Waals surface area contributed by atoms with Crippen molar-refractivity contribution in [1.29, 1.82) is 0 Å². The fourth-order valence-corrected chi connectivity index (χ4v) is 2.87. The van der Waals surface area contributed by atoms with Crippen LogP contribution < -0.4 is 5.73 Å². The third-order valence-corrected chi connectivity index (χ3v) is 4.07.